The van der Waals surface area contributed by atoms with E-state index in [4.69, 9.17) is 0 Å². The van der Waals surface area contributed by atoms with Crippen molar-refractivity contribution in [1.29, 1.82) is 0 Å². The summed E-state index contributed by atoms with van der Waals surface area (Å²) in [6, 6.07) is 1.04. The fourth-order valence-electron chi connectivity index (χ4n) is 3.81. The Bertz CT molecular complexity index is 301. The Balaban J connectivity index is 1.47. The molecular formula is C15H27N3O. The van der Waals surface area contributed by atoms with Crippen molar-refractivity contribution in [2.45, 2.75) is 51.0 Å². The van der Waals surface area contributed by atoms with E-state index in [0.717, 1.165) is 32.2 Å². The van der Waals surface area contributed by atoms with Crippen LogP contribution in [-0.4, -0.2) is 66.0 Å². The Kier molecular flexibility index (Phi) is 4.26. The summed E-state index contributed by atoms with van der Waals surface area (Å²) in [6.45, 7) is 6.46. The average Bonchev–Trinajstić information content (AvgIpc) is 3.02. The number of rotatable bonds is 1. The molecule has 2 amide bonds. The number of nitrogens with zero attached hydrogens (tertiary/aromatic N) is 3. The Labute approximate surface area is 116 Å². The van der Waals surface area contributed by atoms with E-state index >= 15 is 0 Å². The molecule has 0 aromatic heterocycles. The summed E-state index contributed by atoms with van der Waals surface area (Å²) >= 11 is 0. The first-order chi connectivity index (χ1) is 9.34. The fraction of sp³-hybridized carbons (Fsp3) is 0.933. The molecule has 0 aromatic carbocycles. The molecule has 3 heterocycles. The van der Waals surface area contributed by atoms with Crippen molar-refractivity contribution in [3.63, 3.8) is 0 Å². The third-order valence-electron chi connectivity index (χ3n) is 5.02. The molecule has 3 fully saturated rings. The van der Waals surface area contributed by atoms with E-state index in [-0.39, 0.29) is 0 Å². The number of hydrogen-bond donors (Lipinski definition) is 0. The van der Waals surface area contributed by atoms with E-state index < -0.39 is 0 Å². The molecule has 3 saturated heterocycles. The lowest BCUT2D eigenvalue weighted by Gasteiger charge is -2.41. The van der Waals surface area contributed by atoms with Gasteiger partial charge >= 0.3 is 6.03 Å². The van der Waals surface area contributed by atoms with Gasteiger partial charge in [-0.25, -0.2) is 4.79 Å². The number of urea groups is 1. The standard InChI is InChI=1S/C15H27N3O/c19-15(17-10-4-5-11-17)18-12-6-14(7-13-18)16-8-2-1-3-9-16/h14H,1-13H2. The van der Waals surface area contributed by atoms with Gasteiger partial charge in [-0.3, -0.25) is 0 Å². The van der Waals surface area contributed by atoms with Gasteiger partial charge in [-0.05, 0) is 51.6 Å². The maximum atomic E-state index is 12.3. The van der Waals surface area contributed by atoms with Crippen LogP contribution in [0.4, 0.5) is 4.79 Å². The molecular weight excluding hydrogens is 238 g/mol. The highest BCUT2D eigenvalue weighted by Gasteiger charge is 2.30. The minimum Gasteiger partial charge on any atom is -0.325 e. The predicted octanol–water partition coefficient (Wildman–Crippen LogP) is 2.15. The minimum absolute atomic E-state index is 0.301. The van der Waals surface area contributed by atoms with E-state index in [0.29, 0.717) is 6.03 Å². The summed E-state index contributed by atoms with van der Waals surface area (Å²) in [5, 5.41) is 0. The smallest absolute Gasteiger partial charge is 0.319 e. The van der Waals surface area contributed by atoms with Gasteiger partial charge in [0.15, 0.2) is 0 Å². The van der Waals surface area contributed by atoms with Crippen LogP contribution in [0.2, 0.25) is 0 Å². The molecule has 108 valence electrons. The fourth-order valence-corrected chi connectivity index (χ4v) is 3.81. The van der Waals surface area contributed by atoms with Crippen LogP contribution in [0.15, 0.2) is 0 Å². The van der Waals surface area contributed by atoms with Crippen LogP contribution in [0.5, 0.6) is 0 Å². The van der Waals surface area contributed by atoms with Crippen LogP contribution < -0.4 is 0 Å². The van der Waals surface area contributed by atoms with Crippen molar-refractivity contribution in [2.24, 2.45) is 0 Å². The SMILES string of the molecule is O=C(N1CCCC1)N1CCC(N2CCCCC2)CC1. The maximum absolute atomic E-state index is 12.3. The normalized spacial score (nSPS) is 26.9. The van der Waals surface area contributed by atoms with Gasteiger partial charge in [0.05, 0.1) is 0 Å². The molecule has 0 bridgehead atoms. The minimum atomic E-state index is 0.301. The van der Waals surface area contributed by atoms with E-state index in [1.807, 2.05) is 4.90 Å². The molecule has 0 atom stereocenters. The maximum Gasteiger partial charge on any atom is 0.319 e. The molecule has 0 unspecified atom stereocenters. The molecule has 3 aliphatic heterocycles. The van der Waals surface area contributed by atoms with Gasteiger partial charge < -0.3 is 14.7 Å². The van der Waals surface area contributed by atoms with Gasteiger partial charge in [0.25, 0.3) is 0 Å². The van der Waals surface area contributed by atoms with Crippen molar-refractivity contribution in [1.82, 2.24) is 14.7 Å². The lowest BCUT2D eigenvalue weighted by molar-refractivity contribution is 0.0919. The van der Waals surface area contributed by atoms with Gasteiger partial charge in [-0.2, -0.15) is 0 Å². The average molecular weight is 265 g/mol. The highest BCUT2D eigenvalue weighted by Crippen LogP contribution is 2.22. The second-order valence-corrected chi connectivity index (χ2v) is 6.29. The lowest BCUT2D eigenvalue weighted by Crippen LogP contribution is -2.51. The summed E-state index contributed by atoms with van der Waals surface area (Å²) in [6.07, 6.45) is 8.88. The van der Waals surface area contributed by atoms with Crippen LogP contribution in [0, 0.1) is 0 Å². The van der Waals surface area contributed by atoms with Gasteiger partial charge in [-0.15, -0.1) is 0 Å². The summed E-state index contributed by atoms with van der Waals surface area (Å²) in [5.41, 5.74) is 0. The Morgan fingerprint density at radius 1 is 0.684 bits per heavy atom. The number of amides is 2. The molecule has 0 aliphatic carbocycles. The van der Waals surface area contributed by atoms with Gasteiger partial charge in [0.2, 0.25) is 0 Å². The molecule has 4 heteroatoms. The van der Waals surface area contributed by atoms with Gasteiger partial charge in [-0.1, -0.05) is 6.42 Å². The van der Waals surface area contributed by atoms with Crippen molar-refractivity contribution in [3.8, 4) is 0 Å². The molecule has 0 saturated carbocycles. The van der Waals surface area contributed by atoms with Crippen molar-refractivity contribution in [2.75, 3.05) is 39.3 Å². The molecule has 0 spiro atoms. The van der Waals surface area contributed by atoms with Gasteiger partial charge in [0.1, 0.15) is 0 Å². The first-order valence-electron chi connectivity index (χ1n) is 8.12. The zero-order chi connectivity index (χ0) is 13.1. The van der Waals surface area contributed by atoms with E-state index in [1.54, 1.807) is 0 Å². The third-order valence-corrected chi connectivity index (χ3v) is 5.02. The molecule has 3 rings (SSSR count). The first-order valence-corrected chi connectivity index (χ1v) is 8.12. The molecule has 4 nitrogen and oxygen atoms in total. The van der Waals surface area contributed by atoms with Crippen molar-refractivity contribution >= 4 is 6.03 Å². The monoisotopic (exact) mass is 265 g/mol. The first kappa shape index (κ1) is 13.2. The summed E-state index contributed by atoms with van der Waals surface area (Å²) < 4.78 is 0. The zero-order valence-corrected chi connectivity index (χ0v) is 12.0. The Morgan fingerprint density at radius 2 is 1.21 bits per heavy atom. The second-order valence-electron chi connectivity index (χ2n) is 6.29. The van der Waals surface area contributed by atoms with Crippen LogP contribution in [0.1, 0.15) is 44.9 Å². The molecule has 0 aromatic rings. The van der Waals surface area contributed by atoms with Crippen LogP contribution >= 0.6 is 0 Å². The van der Waals surface area contributed by atoms with Crippen LogP contribution in [-0.2, 0) is 0 Å². The van der Waals surface area contributed by atoms with Crippen molar-refractivity contribution in [3.05, 3.63) is 0 Å². The van der Waals surface area contributed by atoms with E-state index in [1.165, 1.54) is 58.0 Å². The summed E-state index contributed by atoms with van der Waals surface area (Å²) in [4.78, 5) is 19.1. The largest absolute Gasteiger partial charge is 0.325 e. The molecule has 0 radical (unpaired) electrons. The van der Waals surface area contributed by atoms with Gasteiger partial charge in [0, 0.05) is 32.2 Å². The summed E-state index contributed by atoms with van der Waals surface area (Å²) in [7, 11) is 0. The van der Waals surface area contributed by atoms with Crippen molar-refractivity contribution < 1.29 is 4.79 Å². The topological polar surface area (TPSA) is 26.8 Å². The number of likely N-dealkylation sites (tertiary alicyclic amines) is 3. The van der Waals surface area contributed by atoms with E-state index in [9.17, 15) is 4.79 Å². The Hall–Kier alpha value is -0.770. The quantitative estimate of drug-likeness (QED) is 0.726. The number of carbonyl (C=O) groups excluding carboxylic acids is 1. The number of hydrogen-bond acceptors (Lipinski definition) is 2. The third kappa shape index (κ3) is 3.04. The molecule has 3 aliphatic rings. The Morgan fingerprint density at radius 3 is 1.84 bits per heavy atom. The number of piperidine rings is 2. The summed E-state index contributed by atoms with van der Waals surface area (Å²) in [5.74, 6) is 0. The molecule has 19 heavy (non-hydrogen) atoms. The van der Waals surface area contributed by atoms with Crippen LogP contribution in [0.25, 0.3) is 0 Å². The second kappa shape index (κ2) is 6.12. The predicted molar refractivity (Wildman–Crippen MR) is 76.2 cm³/mol. The van der Waals surface area contributed by atoms with Crippen LogP contribution in [0.3, 0.4) is 0 Å². The highest BCUT2D eigenvalue weighted by atomic mass is 16.2. The zero-order valence-electron chi connectivity index (χ0n) is 12.0. The highest BCUT2D eigenvalue weighted by molar-refractivity contribution is 5.74. The molecule has 0 N–H and O–H groups in total. The van der Waals surface area contributed by atoms with E-state index in [2.05, 4.69) is 9.80 Å². The lowest BCUT2D eigenvalue weighted by atomic mass is 10.00. The number of carbonyl (C=O) groups is 1.